The van der Waals surface area contributed by atoms with Crippen LogP contribution < -0.4 is 10.2 Å². The van der Waals surface area contributed by atoms with Gasteiger partial charge in [-0.15, -0.1) is 0 Å². The van der Waals surface area contributed by atoms with E-state index in [2.05, 4.69) is 64.3 Å². The number of nitrogens with zero attached hydrogens (tertiary/aromatic N) is 3. The minimum absolute atomic E-state index is 0. The highest BCUT2D eigenvalue weighted by molar-refractivity contribution is 5.98. The average molecular weight is 405 g/mol. The Morgan fingerprint density at radius 1 is 1.07 bits per heavy atom. The molecule has 0 saturated carbocycles. The van der Waals surface area contributed by atoms with Crippen LogP contribution in [-0.2, 0) is 31.2 Å². The lowest BCUT2D eigenvalue weighted by atomic mass is 10.1. The predicted molar refractivity (Wildman–Crippen MR) is 124 cm³/mol. The van der Waals surface area contributed by atoms with Gasteiger partial charge in [-0.2, -0.15) is 0 Å². The number of anilines is 1. The molecule has 3 aromatic rings. The predicted octanol–water partition coefficient (Wildman–Crippen LogP) is 3.35. The van der Waals surface area contributed by atoms with Gasteiger partial charge in [0.1, 0.15) is 0 Å². The van der Waals surface area contributed by atoms with Crippen LogP contribution in [0.15, 0.2) is 48.5 Å². The van der Waals surface area contributed by atoms with Crippen molar-refractivity contribution in [2.75, 3.05) is 37.6 Å². The molecular weight excluding hydrogens is 372 g/mol. The molecule has 0 spiro atoms. The molecule has 30 heavy (non-hydrogen) atoms. The molecule has 1 amide bonds. The third-order valence-electron chi connectivity index (χ3n) is 6.43. The van der Waals surface area contributed by atoms with Gasteiger partial charge in [0.2, 0.25) is 5.91 Å². The maximum atomic E-state index is 12.9. The minimum Gasteiger partial charge on any atom is -0.347 e. The molecule has 0 aliphatic carbocycles. The summed E-state index contributed by atoms with van der Waals surface area (Å²) in [6, 6.07) is 17.0. The SMILES string of the molecule is C.Cn1c2c(c3ccc(N4CCN(CCc5ccccc5)CC4=O)cc31)CNCC2. The third-order valence-corrected chi connectivity index (χ3v) is 6.43. The summed E-state index contributed by atoms with van der Waals surface area (Å²) >= 11 is 0. The van der Waals surface area contributed by atoms with Crippen molar-refractivity contribution in [3.63, 3.8) is 0 Å². The van der Waals surface area contributed by atoms with E-state index in [1.54, 1.807) is 0 Å². The standard InChI is InChI=1S/C24H28N4O.CH4/c1-26-22-9-11-25-16-21(22)20-8-7-19(15-23(20)26)28-14-13-27(17-24(28)29)12-10-18-5-3-2-4-6-18;/h2-8,15,25H,9-14,16-17H2,1H3;1H4. The van der Waals surface area contributed by atoms with Gasteiger partial charge in [-0.25, -0.2) is 0 Å². The largest absolute Gasteiger partial charge is 0.347 e. The Hall–Kier alpha value is -2.63. The highest BCUT2D eigenvalue weighted by Crippen LogP contribution is 2.31. The number of carbonyl (C=O) groups excluding carboxylic acids is 1. The first-order valence-electron chi connectivity index (χ1n) is 10.6. The molecule has 5 nitrogen and oxygen atoms in total. The van der Waals surface area contributed by atoms with Crippen LogP contribution in [0.5, 0.6) is 0 Å². The number of aryl methyl sites for hydroxylation is 1. The van der Waals surface area contributed by atoms with Crippen LogP contribution in [-0.4, -0.2) is 48.1 Å². The Morgan fingerprint density at radius 2 is 1.90 bits per heavy atom. The summed E-state index contributed by atoms with van der Waals surface area (Å²) in [5, 5.41) is 4.79. The molecule has 1 saturated heterocycles. The lowest BCUT2D eigenvalue weighted by Gasteiger charge is -2.34. The number of piperazine rings is 1. The van der Waals surface area contributed by atoms with Gasteiger partial charge in [0.25, 0.3) is 0 Å². The first-order chi connectivity index (χ1) is 14.2. The number of hydrogen-bond acceptors (Lipinski definition) is 3. The molecule has 2 aromatic carbocycles. The molecule has 0 unspecified atom stereocenters. The summed E-state index contributed by atoms with van der Waals surface area (Å²) < 4.78 is 2.32. The summed E-state index contributed by atoms with van der Waals surface area (Å²) in [5.74, 6) is 0.198. The topological polar surface area (TPSA) is 40.5 Å². The zero-order valence-corrected chi connectivity index (χ0v) is 17.0. The fourth-order valence-corrected chi connectivity index (χ4v) is 4.78. The van der Waals surface area contributed by atoms with E-state index < -0.39 is 0 Å². The summed E-state index contributed by atoms with van der Waals surface area (Å²) in [6.07, 6.45) is 2.05. The van der Waals surface area contributed by atoms with Crippen molar-refractivity contribution in [3.05, 3.63) is 65.4 Å². The van der Waals surface area contributed by atoms with E-state index in [0.717, 1.165) is 51.3 Å². The van der Waals surface area contributed by atoms with Crippen LogP contribution in [0.25, 0.3) is 10.9 Å². The normalized spacial score (nSPS) is 17.1. The van der Waals surface area contributed by atoms with E-state index in [4.69, 9.17) is 0 Å². The lowest BCUT2D eigenvalue weighted by Crippen LogP contribution is -2.50. The van der Waals surface area contributed by atoms with Gasteiger partial charge in [0.15, 0.2) is 0 Å². The molecule has 5 heteroatoms. The van der Waals surface area contributed by atoms with E-state index >= 15 is 0 Å². The molecule has 1 aromatic heterocycles. The number of benzene rings is 2. The Kier molecular flexibility index (Phi) is 5.93. The van der Waals surface area contributed by atoms with Crippen LogP contribution in [0.4, 0.5) is 5.69 Å². The van der Waals surface area contributed by atoms with Gasteiger partial charge in [-0.05, 0) is 29.7 Å². The zero-order chi connectivity index (χ0) is 19.8. The minimum atomic E-state index is 0. The van der Waals surface area contributed by atoms with Crippen LogP contribution in [0.3, 0.4) is 0 Å². The molecule has 1 N–H and O–H groups in total. The van der Waals surface area contributed by atoms with Gasteiger partial charge < -0.3 is 14.8 Å². The zero-order valence-electron chi connectivity index (χ0n) is 17.0. The van der Waals surface area contributed by atoms with Crippen molar-refractivity contribution in [2.24, 2.45) is 7.05 Å². The maximum absolute atomic E-state index is 12.9. The molecule has 0 radical (unpaired) electrons. The van der Waals surface area contributed by atoms with E-state index in [1.165, 1.54) is 27.7 Å². The second-order valence-electron chi connectivity index (χ2n) is 8.17. The smallest absolute Gasteiger partial charge is 0.241 e. The first-order valence-corrected chi connectivity index (χ1v) is 10.6. The van der Waals surface area contributed by atoms with E-state index in [-0.39, 0.29) is 13.3 Å². The van der Waals surface area contributed by atoms with Crippen molar-refractivity contribution in [1.29, 1.82) is 0 Å². The quantitative estimate of drug-likeness (QED) is 0.725. The van der Waals surface area contributed by atoms with Crippen LogP contribution >= 0.6 is 0 Å². The number of rotatable bonds is 4. The van der Waals surface area contributed by atoms with Gasteiger partial charge in [0, 0.05) is 63.0 Å². The Labute approximate surface area is 179 Å². The molecule has 0 atom stereocenters. The van der Waals surface area contributed by atoms with Gasteiger partial charge >= 0.3 is 0 Å². The lowest BCUT2D eigenvalue weighted by molar-refractivity contribution is -0.121. The number of nitrogens with one attached hydrogen (secondary N) is 1. The van der Waals surface area contributed by atoms with Crippen molar-refractivity contribution in [1.82, 2.24) is 14.8 Å². The van der Waals surface area contributed by atoms with Gasteiger partial charge in [0.05, 0.1) is 12.1 Å². The molecule has 1 fully saturated rings. The molecule has 3 heterocycles. The Bertz CT molecular complexity index is 1040. The second-order valence-corrected chi connectivity index (χ2v) is 8.17. The Balaban J connectivity index is 0.00000218. The number of carbonyl (C=O) groups is 1. The molecular formula is C25H32N4O. The van der Waals surface area contributed by atoms with E-state index in [0.29, 0.717) is 6.54 Å². The highest BCUT2D eigenvalue weighted by Gasteiger charge is 2.26. The summed E-state index contributed by atoms with van der Waals surface area (Å²) in [5.41, 5.74) is 6.42. The number of fused-ring (bicyclic) bond motifs is 3. The summed E-state index contributed by atoms with van der Waals surface area (Å²) in [4.78, 5) is 17.1. The van der Waals surface area contributed by atoms with Crippen molar-refractivity contribution in [3.8, 4) is 0 Å². The van der Waals surface area contributed by atoms with Crippen molar-refractivity contribution < 1.29 is 4.79 Å². The maximum Gasteiger partial charge on any atom is 0.241 e. The third kappa shape index (κ3) is 3.75. The van der Waals surface area contributed by atoms with Crippen LogP contribution in [0.2, 0.25) is 0 Å². The molecule has 2 aliphatic heterocycles. The number of amides is 1. The first kappa shape index (κ1) is 20.6. The average Bonchev–Trinajstić information content (AvgIpc) is 3.05. The van der Waals surface area contributed by atoms with Crippen molar-refractivity contribution >= 4 is 22.5 Å². The van der Waals surface area contributed by atoms with Gasteiger partial charge in [-0.3, -0.25) is 9.69 Å². The number of hydrogen-bond donors (Lipinski definition) is 1. The van der Waals surface area contributed by atoms with Crippen LogP contribution in [0.1, 0.15) is 24.2 Å². The molecule has 5 rings (SSSR count). The van der Waals surface area contributed by atoms with Crippen molar-refractivity contribution in [2.45, 2.75) is 26.8 Å². The Morgan fingerprint density at radius 3 is 2.70 bits per heavy atom. The highest BCUT2D eigenvalue weighted by atomic mass is 16.2. The summed E-state index contributed by atoms with van der Waals surface area (Å²) in [7, 11) is 2.15. The molecule has 0 bridgehead atoms. The van der Waals surface area contributed by atoms with Crippen LogP contribution in [0, 0.1) is 0 Å². The van der Waals surface area contributed by atoms with E-state index in [1.807, 2.05) is 11.0 Å². The molecule has 2 aliphatic rings. The van der Waals surface area contributed by atoms with E-state index in [9.17, 15) is 4.79 Å². The monoisotopic (exact) mass is 404 g/mol. The van der Waals surface area contributed by atoms with Gasteiger partial charge in [-0.1, -0.05) is 43.8 Å². The molecule has 158 valence electrons. The fourth-order valence-electron chi connectivity index (χ4n) is 4.78. The number of aromatic nitrogens is 1. The fraction of sp³-hybridized carbons (Fsp3) is 0.400. The summed E-state index contributed by atoms with van der Waals surface area (Å²) in [6.45, 7) is 5.08. The second kappa shape index (κ2) is 8.62.